The van der Waals surface area contributed by atoms with Crippen LogP contribution in [0, 0.1) is 0 Å². The molecule has 4 nitrogen and oxygen atoms in total. The molecule has 1 aromatic heterocycles. The standard InChI is InChI=1S/C15H21N3O/c1-3-15(4-2,10-16)18-14(19)12-7-5-6-11-8-9-17-13(11)12/h5-9,17H,3-4,10,16H2,1-2H3,(H,18,19). The SMILES string of the molecule is CCC(CC)(CN)NC(=O)c1cccc2cc[nH]c12. The first-order valence-corrected chi connectivity index (χ1v) is 6.74. The summed E-state index contributed by atoms with van der Waals surface area (Å²) in [7, 11) is 0. The Balaban J connectivity index is 2.32. The maximum atomic E-state index is 12.5. The van der Waals surface area contributed by atoms with Crippen molar-refractivity contribution >= 4 is 16.8 Å². The molecule has 0 fully saturated rings. The fraction of sp³-hybridized carbons (Fsp3) is 0.400. The molecule has 2 rings (SSSR count). The molecule has 1 heterocycles. The van der Waals surface area contributed by atoms with Crippen LogP contribution in [-0.4, -0.2) is 23.0 Å². The fourth-order valence-corrected chi connectivity index (χ4v) is 2.35. The van der Waals surface area contributed by atoms with E-state index in [1.54, 1.807) is 0 Å². The highest BCUT2D eigenvalue weighted by molar-refractivity contribution is 6.05. The Bertz CT molecular complexity index is 561. The van der Waals surface area contributed by atoms with Crippen molar-refractivity contribution in [2.75, 3.05) is 6.54 Å². The Kier molecular flexibility index (Phi) is 3.90. The molecule has 0 saturated carbocycles. The quantitative estimate of drug-likeness (QED) is 0.771. The minimum atomic E-state index is -0.314. The Labute approximate surface area is 113 Å². The van der Waals surface area contributed by atoms with Gasteiger partial charge in [0.05, 0.1) is 16.6 Å². The number of hydrogen-bond acceptors (Lipinski definition) is 2. The van der Waals surface area contributed by atoms with E-state index in [-0.39, 0.29) is 11.4 Å². The number of fused-ring (bicyclic) bond motifs is 1. The van der Waals surface area contributed by atoms with E-state index in [1.807, 2.05) is 44.3 Å². The third-order valence-corrected chi connectivity index (χ3v) is 3.95. The van der Waals surface area contributed by atoms with E-state index in [1.165, 1.54) is 0 Å². The van der Waals surface area contributed by atoms with Crippen molar-refractivity contribution < 1.29 is 4.79 Å². The van der Waals surface area contributed by atoms with E-state index in [0.29, 0.717) is 12.1 Å². The lowest BCUT2D eigenvalue weighted by Crippen LogP contribution is -2.52. The van der Waals surface area contributed by atoms with Gasteiger partial charge in [0.15, 0.2) is 0 Å². The van der Waals surface area contributed by atoms with Crippen molar-refractivity contribution in [3.63, 3.8) is 0 Å². The number of aromatic amines is 1. The fourth-order valence-electron chi connectivity index (χ4n) is 2.35. The molecular weight excluding hydrogens is 238 g/mol. The molecule has 0 saturated heterocycles. The number of carbonyl (C=O) groups excluding carboxylic acids is 1. The first kappa shape index (κ1) is 13.6. The summed E-state index contributed by atoms with van der Waals surface area (Å²) in [5, 5.41) is 4.13. The summed E-state index contributed by atoms with van der Waals surface area (Å²) in [6.45, 7) is 4.55. The average Bonchev–Trinajstić information content (AvgIpc) is 2.93. The van der Waals surface area contributed by atoms with E-state index in [0.717, 1.165) is 23.7 Å². The number of carbonyl (C=O) groups is 1. The summed E-state index contributed by atoms with van der Waals surface area (Å²) in [5.74, 6) is -0.0674. The highest BCUT2D eigenvalue weighted by atomic mass is 16.1. The molecular formula is C15H21N3O. The highest BCUT2D eigenvalue weighted by Gasteiger charge is 2.27. The predicted molar refractivity (Wildman–Crippen MR) is 78.1 cm³/mol. The van der Waals surface area contributed by atoms with Crippen LogP contribution in [0.4, 0.5) is 0 Å². The van der Waals surface area contributed by atoms with Crippen LogP contribution in [0.2, 0.25) is 0 Å². The zero-order chi connectivity index (χ0) is 13.9. The number of rotatable bonds is 5. The number of benzene rings is 1. The third-order valence-electron chi connectivity index (χ3n) is 3.95. The zero-order valence-corrected chi connectivity index (χ0v) is 11.5. The topological polar surface area (TPSA) is 70.9 Å². The number of nitrogens with two attached hydrogens (primary N) is 1. The van der Waals surface area contributed by atoms with E-state index in [2.05, 4.69) is 10.3 Å². The molecule has 0 spiro atoms. The minimum absolute atomic E-state index is 0.0674. The van der Waals surface area contributed by atoms with Crippen molar-refractivity contribution in [2.24, 2.45) is 5.73 Å². The molecule has 19 heavy (non-hydrogen) atoms. The van der Waals surface area contributed by atoms with Gasteiger partial charge in [0.2, 0.25) is 0 Å². The van der Waals surface area contributed by atoms with Crippen LogP contribution in [-0.2, 0) is 0 Å². The molecule has 1 aromatic carbocycles. The van der Waals surface area contributed by atoms with Crippen LogP contribution >= 0.6 is 0 Å². The summed E-state index contributed by atoms with van der Waals surface area (Å²) in [6.07, 6.45) is 3.50. The van der Waals surface area contributed by atoms with Gasteiger partial charge < -0.3 is 16.0 Å². The Morgan fingerprint density at radius 3 is 2.68 bits per heavy atom. The van der Waals surface area contributed by atoms with E-state index >= 15 is 0 Å². The third kappa shape index (κ3) is 2.49. The van der Waals surface area contributed by atoms with Crippen LogP contribution in [0.15, 0.2) is 30.5 Å². The molecule has 1 amide bonds. The largest absolute Gasteiger partial charge is 0.361 e. The number of amides is 1. The van der Waals surface area contributed by atoms with Crippen LogP contribution in [0.5, 0.6) is 0 Å². The number of para-hydroxylation sites is 1. The second-order valence-electron chi connectivity index (χ2n) is 4.89. The molecule has 102 valence electrons. The van der Waals surface area contributed by atoms with Crippen molar-refractivity contribution in [1.82, 2.24) is 10.3 Å². The van der Waals surface area contributed by atoms with Crippen LogP contribution in [0.1, 0.15) is 37.0 Å². The molecule has 2 aromatic rings. The van der Waals surface area contributed by atoms with Crippen molar-refractivity contribution in [3.05, 3.63) is 36.0 Å². The monoisotopic (exact) mass is 259 g/mol. The maximum absolute atomic E-state index is 12.5. The molecule has 4 heteroatoms. The molecule has 0 radical (unpaired) electrons. The highest BCUT2D eigenvalue weighted by Crippen LogP contribution is 2.19. The summed E-state index contributed by atoms with van der Waals surface area (Å²) < 4.78 is 0. The van der Waals surface area contributed by atoms with Gasteiger partial charge in [-0.15, -0.1) is 0 Å². The van der Waals surface area contributed by atoms with Gasteiger partial charge in [0.25, 0.3) is 5.91 Å². The summed E-state index contributed by atoms with van der Waals surface area (Å²) in [5.41, 5.74) is 7.05. The molecule has 0 aliphatic rings. The van der Waals surface area contributed by atoms with E-state index < -0.39 is 0 Å². The van der Waals surface area contributed by atoms with Gasteiger partial charge >= 0.3 is 0 Å². The number of nitrogens with one attached hydrogen (secondary N) is 2. The average molecular weight is 259 g/mol. The number of aromatic nitrogens is 1. The minimum Gasteiger partial charge on any atom is -0.361 e. The first-order chi connectivity index (χ1) is 9.15. The number of H-pyrrole nitrogens is 1. The van der Waals surface area contributed by atoms with Gasteiger partial charge in [-0.3, -0.25) is 4.79 Å². The van der Waals surface area contributed by atoms with Crippen molar-refractivity contribution in [2.45, 2.75) is 32.2 Å². The van der Waals surface area contributed by atoms with Crippen molar-refractivity contribution in [3.8, 4) is 0 Å². The smallest absolute Gasteiger partial charge is 0.253 e. The Hall–Kier alpha value is -1.81. The van der Waals surface area contributed by atoms with Crippen molar-refractivity contribution in [1.29, 1.82) is 0 Å². The summed E-state index contributed by atoms with van der Waals surface area (Å²) in [4.78, 5) is 15.6. The van der Waals surface area contributed by atoms with E-state index in [9.17, 15) is 4.79 Å². The second-order valence-corrected chi connectivity index (χ2v) is 4.89. The molecule has 0 atom stereocenters. The first-order valence-electron chi connectivity index (χ1n) is 6.74. The number of hydrogen-bond donors (Lipinski definition) is 3. The van der Waals surface area contributed by atoms with Crippen LogP contribution in [0.3, 0.4) is 0 Å². The van der Waals surface area contributed by atoms with Gasteiger partial charge in [-0.05, 0) is 25.0 Å². The lowest BCUT2D eigenvalue weighted by molar-refractivity contribution is 0.0897. The van der Waals surface area contributed by atoms with Gasteiger partial charge in [0, 0.05) is 18.1 Å². The lowest BCUT2D eigenvalue weighted by atomic mass is 9.92. The zero-order valence-electron chi connectivity index (χ0n) is 11.5. The van der Waals surface area contributed by atoms with Gasteiger partial charge in [-0.1, -0.05) is 26.0 Å². The Morgan fingerprint density at radius 2 is 2.05 bits per heavy atom. The van der Waals surface area contributed by atoms with Crippen LogP contribution < -0.4 is 11.1 Å². The summed E-state index contributed by atoms with van der Waals surface area (Å²) in [6, 6.07) is 7.67. The molecule has 4 N–H and O–H groups in total. The normalized spacial score (nSPS) is 11.7. The van der Waals surface area contributed by atoms with Gasteiger partial charge in [0.1, 0.15) is 0 Å². The lowest BCUT2D eigenvalue weighted by Gasteiger charge is -2.31. The van der Waals surface area contributed by atoms with Gasteiger partial charge in [-0.25, -0.2) is 0 Å². The molecule has 0 unspecified atom stereocenters. The van der Waals surface area contributed by atoms with E-state index in [4.69, 9.17) is 5.73 Å². The second kappa shape index (κ2) is 5.45. The summed E-state index contributed by atoms with van der Waals surface area (Å²) >= 11 is 0. The van der Waals surface area contributed by atoms with Crippen LogP contribution in [0.25, 0.3) is 10.9 Å². The maximum Gasteiger partial charge on any atom is 0.253 e. The Morgan fingerprint density at radius 1 is 1.32 bits per heavy atom. The van der Waals surface area contributed by atoms with Gasteiger partial charge in [-0.2, -0.15) is 0 Å². The predicted octanol–water partition coefficient (Wildman–Crippen LogP) is 2.42. The molecule has 0 bridgehead atoms. The molecule has 0 aliphatic carbocycles. The molecule has 0 aliphatic heterocycles.